The summed E-state index contributed by atoms with van der Waals surface area (Å²) < 4.78 is 15.9. The Morgan fingerprint density at radius 2 is 1.50 bits per heavy atom. The lowest BCUT2D eigenvalue weighted by atomic mass is 10.0. The molecule has 0 aliphatic heterocycles. The number of nitro benzene ring substituents is 1. The van der Waals surface area contributed by atoms with Crippen LogP contribution in [0.15, 0.2) is 60.7 Å². The maximum Gasteiger partial charge on any atom is 0.293 e. The third-order valence-electron chi connectivity index (χ3n) is 4.44. The van der Waals surface area contributed by atoms with Gasteiger partial charge in [0.2, 0.25) is 5.75 Å². The molecule has 0 aromatic heterocycles. The SMILES string of the molecule is COc1cc(Nc2ccc(C(=O)c3ccccc3)cc2[N+](=O)[O-])cc(OC)c1OC. The van der Waals surface area contributed by atoms with Gasteiger partial charge in [-0.15, -0.1) is 0 Å². The topological polar surface area (TPSA) is 99.9 Å². The van der Waals surface area contributed by atoms with Crippen LogP contribution in [0.1, 0.15) is 15.9 Å². The summed E-state index contributed by atoms with van der Waals surface area (Å²) >= 11 is 0. The first-order chi connectivity index (χ1) is 14.5. The van der Waals surface area contributed by atoms with E-state index in [9.17, 15) is 14.9 Å². The molecule has 8 nitrogen and oxygen atoms in total. The van der Waals surface area contributed by atoms with Gasteiger partial charge in [-0.25, -0.2) is 0 Å². The first-order valence-electron chi connectivity index (χ1n) is 8.93. The minimum absolute atomic E-state index is 0.221. The van der Waals surface area contributed by atoms with Crippen molar-refractivity contribution in [1.29, 1.82) is 0 Å². The molecule has 0 saturated carbocycles. The van der Waals surface area contributed by atoms with Crippen molar-refractivity contribution in [3.05, 3.63) is 81.9 Å². The third-order valence-corrected chi connectivity index (χ3v) is 4.44. The van der Waals surface area contributed by atoms with Gasteiger partial charge in [0.1, 0.15) is 5.69 Å². The van der Waals surface area contributed by atoms with Crippen LogP contribution >= 0.6 is 0 Å². The summed E-state index contributed by atoms with van der Waals surface area (Å²) in [6.07, 6.45) is 0. The summed E-state index contributed by atoms with van der Waals surface area (Å²) in [5, 5.41) is 14.6. The molecular formula is C22H20N2O6. The van der Waals surface area contributed by atoms with Crippen molar-refractivity contribution >= 4 is 22.8 Å². The van der Waals surface area contributed by atoms with Crippen molar-refractivity contribution in [2.45, 2.75) is 0 Å². The summed E-state index contributed by atoms with van der Waals surface area (Å²) in [4.78, 5) is 23.8. The lowest BCUT2D eigenvalue weighted by Crippen LogP contribution is -2.04. The van der Waals surface area contributed by atoms with Gasteiger partial charge in [0.15, 0.2) is 17.3 Å². The van der Waals surface area contributed by atoms with Crippen LogP contribution in [0.5, 0.6) is 17.2 Å². The highest BCUT2D eigenvalue weighted by Gasteiger charge is 2.20. The van der Waals surface area contributed by atoms with E-state index in [4.69, 9.17) is 14.2 Å². The second kappa shape index (κ2) is 8.95. The molecular weight excluding hydrogens is 388 g/mol. The van der Waals surface area contributed by atoms with Crippen LogP contribution in [-0.4, -0.2) is 32.0 Å². The molecule has 154 valence electrons. The second-order valence-electron chi connectivity index (χ2n) is 6.22. The van der Waals surface area contributed by atoms with Crippen molar-refractivity contribution in [1.82, 2.24) is 0 Å². The van der Waals surface area contributed by atoms with Crippen molar-refractivity contribution in [3.63, 3.8) is 0 Å². The fourth-order valence-corrected chi connectivity index (χ4v) is 2.99. The Hall–Kier alpha value is -4.07. The molecule has 3 aromatic rings. The number of carbonyl (C=O) groups is 1. The van der Waals surface area contributed by atoms with Crippen LogP contribution < -0.4 is 19.5 Å². The van der Waals surface area contributed by atoms with Gasteiger partial charge in [-0.1, -0.05) is 30.3 Å². The summed E-state index contributed by atoms with van der Waals surface area (Å²) in [7, 11) is 4.45. The average Bonchev–Trinajstić information content (AvgIpc) is 2.78. The highest BCUT2D eigenvalue weighted by molar-refractivity contribution is 6.09. The zero-order chi connectivity index (χ0) is 21.7. The van der Waals surface area contributed by atoms with E-state index >= 15 is 0 Å². The van der Waals surface area contributed by atoms with Gasteiger partial charge in [0.25, 0.3) is 5.69 Å². The zero-order valence-electron chi connectivity index (χ0n) is 16.7. The molecule has 0 amide bonds. The number of methoxy groups -OCH3 is 3. The first kappa shape index (κ1) is 20.7. The van der Waals surface area contributed by atoms with Crippen molar-refractivity contribution < 1.29 is 23.9 Å². The molecule has 3 rings (SSSR count). The van der Waals surface area contributed by atoms with E-state index in [1.165, 1.54) is 33.5 Å². The lowest BCUT2D eigenvalue weighted by molar-refractivity contribution is -0.383. The van der Waals surface area contributed by atoms with Crippen LogP contribution in [0.4, 0.5) is 17.1 Å². The van der Waals surface area contributed by atoms with E-state index in [1.54, 1.807) is 48.5 Å². The lowest BCUT2D eigenvalue weighted by Gasteiger charge is -2.15. The highest BCUT2D eigenvalue weighted by Crippen LogP contribution is 2.41. The van der Waals surface area contributed by atoms with Crippen molar-refractivity contribution in [3.8, 4) is 17.2 Å². The Morgan fingerprint density at radius 1 is 0.867 bits per heavy atom. The Kier molecular flexibility index (Phi) is 6.17. The summed E-state index contributed by atoms with van der Waals surface area (Å²) in [6, 6.07) is 16.2. The normalized spacial score (nSPS) is 10.2. The molecule has 0 unspecified atom stereocenters. The van der Waals surface area contributed by atoms with Crippen LogP contribution in [0.25, 0.3) is 0 Å². The first-order valence-corrected chi connectivity index (χ1v) is 8.93. The van der Waals surface area contributed by atoms with Gasteiger partial charge < -0.3 is 19.5 Å². The Labute approximate surface area is 173 Å². The quantitative estimate of drug-likeness (QED) is 0.330. The van der Waals surface area contributed by atoms with Crippen LogP contribution in [0.3, 0.4) is 0 Å². The number of rotatable bonds is 8. The van der Waals surface area contributed by atoms with E-state index in [1.807, 2.05) is 0 Å². The molecule has 0 spiro atoms. The molecule has 0 saturated heterocycles. The monoisotopic (exact) mass is 408 g/mol. The van der Waals surface area contributed by atoms with E-state index in [0.29, 0.717) is 28.5 Å². The third kappa shape index (κ3) is 4.17. The average molecular weight is 408 g/mol. The summed E-state index contributed by atoms with van der Waals surface area (Å²) in [5.74, 6) is 0.914. The van der Waals surface area contributed by atoms with Gasteiger partial charge >= 0.3 is 0 Å². The smallest absolute Gasteiger partial charge is 0.293 e. The van der Waals surface area contributed by atoms with Gasteiger partial charge in [-0.2, -0.15) is 0 Å². The number of hydrogen-bond donors (Lipinski definition) is 1. The molecule has 0 fully saturated rings. The molecule has 0 radical (unpaired) electrons. The number of anilines is 2. The minimum Gasteiger partial charge on any atom is -0.493 e. The predicted molar refractivity (Wildman–Crippen MR) is 112 cm³/mol. The van der Waals surface area contributed by atoms with E-state index in [-0.39, 0.29) is 22.7 Å². The van der Waals surface area contributed by atoms with Crippen molar-refractivity contribution in [2.75, 3.05) is 26.6 Å². The van der Waals surface area contributed by atoms with Gasteiger partial charge in [-0.3, -0.25) is 14.9 Å². The number of hydrogen-bond acceptors (Lipinski definition) is 7. The Bertz CT molecular complexity index is 1060. The molecule has 0 aliphatic rings. The second-order valence-corrected chi connectivity index (χ2v) is 6.22. The molecule has 0 bridgehead atoms. The molecule has 1 N–H and O–H groups in total. The maximum absolute atomic E-state index is 12.6. The predicted octanol–water partition coefficient (Wildman–Crippen LogP) is 4.60. The Balaban J connectivity index is 1.99. The molecule has 0 aliphatic carbocycles. The molecule has 30 heavy (non-hydrogen) atoms. The Morgan fingerprint density at radius 3 is 2.03 bits per heavy atom. The van der Waals surface area contributed by atoms with Gasteiger partial charge in [0, 0.05) is 35.0 Å². The molecule has 0 atom stereocenters. The zero-order valence-corrected chi connectivity index (χ0v) is 16.7. The van der Waals surface area contributed by atoms with Gasteiger partial charge in [0.05, 0.1) is 26.3 Å². The fourth-order valence-electron chi connectivity index (χ4n) is 2.99. The van der Waals surface area contributed by atoms with Crippen LogP contribution in [0, 0.1) is 10.1 Å². The van der Waals surface area contributed by atoms with Crippen molar-refractivity contribution in [2.24, 2.45) is 0 Å². The fraction of sp³-hybridized carbons (Fsp3) is 0.136. The largest absolute Gasteiger partial charge is 0.493 e. The van der Waals surface area contributed by atoms with Crippen LogP contribution in [0.2, 0.25) is 0 Å². The number of benzene rings is 3. The summed E-state index contributed by atoms with van der Waals surface area (Å²) in [6.45, 7) is 0. The number of ether oxygens (including phenoxy) is 3. The van der Waals surface area contributed by atoms with Crippen LogP contribution in [-0.2, 0) is 0 Å². The van der Waals surface area contributed by atoms with E-state index in [2.05, 4.69) is 5.32 Å². The number of nitro groups is 1. The molecule has 3 aromatic carbocycles. The summed E-state index contributed by atoms with van der Waals surface area (Å²) in [5.41, 5.74) is 1.17. The molecule has 8 heteroatoms. The number of carbonyl (C=O) groups excluding carboxylic acids is 1. The molecule has 0 heterocycles. The maximum atomic E-state index is 12.6. The highest BCUT2D eigenvalue weighted by atomic mass is 16.6. The van der Waals surface area contributed by atoms with E-state index in [0.717, 1.165) is 0 Å². The number of nitrogens with zero attached hydrogens (tertiary/aromatic N) is 1. The minimum atomic E-state index is -0.540. The van der Waals surface area contributed by atoms with Gasteiger partial charge in [-0.05, 0) is 12.1 Å². The number of ketones is 1. The van der Waals surface area contributed by atoms with E-state index < -0.39 is 4.92 Å². The standard InChI is InChI=1S/C22H20N2O6/c1-28-19-12-16(13-20(29-2)22(19)30-3)23-17-10-9-15(11-18(17)24(26)27)21(25)14-7-5-4-6-8-14/h4-13,23H,1-3H3. The number of nitrogens with one attached hydrogen (secondary N) is 1.